The maximum absolute atomic E-state index is 2.76. The summed E-state index contributed by atoms with van der Waals surface area (Å²) in [5.74, 6) is 0. The summed E-state index contributed by atoms with van der Waals surface area (Å²) < 4.78 is 5.38. The van der Waals surface area contributed by atoms with Gasteiger partial charge in [-0.05, 0) is 131 Å². The first-order chi connectivity index (χ1) is 31.5. The van der Waals surface area contributed by atoms with Crippen molar-refractivity contribution in [3.63, 3.8) is 0 Å². The molecule has 2 nitrogen and oxygen atoms in total. The van der Waals surface area contributed by atoms with Crippen LogP contribution < -0.4 is 15.7 Å². The Morgan fingerprint density at radius 1 is 0.500 bits per heavy atom. The number of thiophene rings is 1. The molecule has 2 aliphatic carbocycles. The van der Waals surface area contributed by atoms with Gasteiger partial charge in [0, 0.05) is 64.4 Å². The number of aromatic nitrogens is 1. The first-order valence-electron chi connectivity index (χ1n) is 24.0. The molecule has 0 saturated carbocycles. The molecule has 66 heavy (non-hydrogen) atoms. The quantitative estimate of drug-likeness (QED) is 0.149. The zero-order chi connectivity index (χ0) is 45.1. The van der Waals surface area contributed by atoms with Gasteiger partial charge in [-0.1, -0.05) is 160 Å². The van der Waals surface area contributed by atoms with Gasteiger partial charge < -0.3 is 9.38 Å². The second-order valence-electron chi connectivity index (χ2n) is 22.9. The molecule has 0 N–H and O–H groups in total. The third-order valence-corrected chi connectivity index (χ3v) is 17.6. The van der Waals surface area contributed by atoms with Crippen molar-refractivity contribution in [3.8, 4) is 39.1 Å². The minimum atomic E-state index is -0.241. The van der Waals surface area contributed by atoms with Crippen molar-refractivity contribution >= 4 is 82.5 Å². The summed E-state index contributed by atoms with van der Waals surface area (Å²) >= 11 is 1.93. The van der Waals surface area contributed by atoms with Crippen molar-refractivity contribution < 1.29 is 0 Å². The van der Waals surface area contributed by atoms with E-state index in [0.717, 1.165) is 0 Å². The predicted octanol–water partition coefficient (Wildman–Crippen LogP) is 15.6. The van der Waals surface area contributed by atoms with E-state index in [2.05, 4.69) is 218 Å². The molecule has 8 aromatic carbocycles. The fraction of sp³-hybridized carbons (Fsp3) is 0.226. The van der Waals surface area contributed by atoms with E-state index < -0.39 is 0 Å². The van der Waals surface area contributed by atoms with Crippen molar-refractivity contribution in [2.75, 3.05) is 4.81 Å². The van der Waals surface area contributed by atoms with Crippen LogP contribution in [-0.4, -0.2) is 11.4 Å². The van der Waals surface area contributed by atoms with Crippen LogP contribution in [0.15, 0.2) is 140 Å². The summed E-state index contributed by atoms with van der Waals surface area (Å²) in [6.45, 7) is 23.8. The van der Waals surface area contributed by atoms with Gasteiger partial charge in [-0.3, -0.25) is 0 Å². The predicted molar refractivity (Wildman–Crippen MR) is 285 cm³/mol. The number of anilines is 2. The first-order valence-corrected chi connectivity index (χ1v) is 24.8. The number of nitrogens with zero attached hydrogens (tertiary/aromatic N) is 2. The van der Waals surface area contributed by atoms with E-state index in [4.69, 9.17) is 0 Å². The molecule has 2 aliphatic heterocycles. The number of rotatable bonds is 1. The minimum absolute atomic E-state index is 0.0119. The highest BCUT2D eigenvalue weighted by Crippen LogP contribution is 2.61. The lowest BCUT2D eigenvalue weighted by atomic mass is 9.43. The average Bonchev–Trinajstić information content (AvgIpc) is 3.97. The summed E-state index contributed by atoms with van der Waals surface area (Å²) in [5, 5.41) is 5.45. The molecule has 0 radical (unpaired) electrons. The van der Waals surface area contributed by atoms with Crippen LogP contribution in [0.25, 0.3) is 81.0 Å². The Kier molecular flexibility index (Phi) is 7.27. The normalized spacial score (nSPS) is 15.9. The molecule has 0 atom stereocenters. The maximum atomic E-state index is 2.76. The highest BCUT2D eigenvalue weighted by molar-refractivity contribution is 7.26. The van der Waals surface area contributed by atoms with Crippen molar-refractivity contribution in [3.05, 3.63) is 173 Å². The summed E-state index contributed by atoms with van der Waals surface area (Å²) in [5.41, 5.74) is 25.5. The van der Waals surface area contributed by atoms with Crippen molar-refractivity contribution in [2.45, 2.75) is 90.9 Å². The van der Waals surface area contributed by atoms with Gasteiger partial charge in [0.05, 0.1) is 11.0 Å². The second kappa shape index (κ2) is 12.3. The van der Waals surface area contributed by atoms with Crippen LogP contribution in [0.4, 0.5) is 11.4 Å². The molecule has 0 saturated heterocycles. The van der Waals surface area contributed by atoms with Gasteiger partial charge in [-0.2, -0.15) is 0 Å². The van der Waals surface area contributed by atoms with Crippen LogP contribution >= 0.6 is 11.3 Å². The molecule has 2 aromatic heterocycles. The number of benzene rings is 8. The molecule has 0 bridgehead atoms. The Balaban J connectivity index is 1.24. The fourth-order valence-corrected chi connectivity index (χ4v) is 14.3. The molecule has 4 heteroatoms. The van der Waals surface area contributed by atoms with Crippen molar-refractivity contribution in [1.29, 1.82) is 0 Å². The molecular weight excluding hydrogens is 816 g/mol. The smallest absolute Gasteiger partial charge is 0.333 e. The van der Waals surface area contributed by atoms with E-state index in [1.807, 2.05) is 11.3 Å². The molecule has 4 aliphatic rings. The van der Waals surface area contributed by atoms with Crippen LogP contribution in [0, 0.1) is 0 Å². The SMILES string of the molecule is CC(C)(C)c1ccc(N2B3c4cc5c(cc4-n4c6ccc(C(C)(C)C)cc6c6c7c(c(c3c64)-c3cc4c(cc32)-c2ccccc2C4(C)C)-c2ccccc2C7(C)C)sc2ccccc25)cc1. The Morgan fingerprint density at radius 3 is 1.91 bits per heavy atom. The van der Waals surface area contributed by atoms with Gasteiger partial charge in [-0.15, -0.1) is 11.3 Å². The molecule has 4 heterocycles. The van der Waals surface area contributed by atoms with Crippen LogP contribution in [0.2, 0.25) is 0 Å². The number of hydrogen-bond acceptors (Lipinski definition) is 2. The number of hydrogen-bond donors (Lipinski definition) is 0. The lowest BCUT2D eigenvalue weighted by Crippen LogP contribution is -2.60. The maximum Gasteiger partial charge on any atom is 0.333 e. The Bertz CT molecular complexity index is 3840. The monoisotopic (exact) mass is 868 g/mol. The van der Waals surface area contributed by atoms with E-state index >= 15 is 0 Å². The van der Waals surface area contributed by atoms with Gasteiger partial charge in [0.1, 0.15) is 0 Å². The Morgan fingerprint density at radius 2 is 1.17 bits per heavy atom. The zero-order valence-corrected chi connectivity index (χ0v) is 40.5. The third-order valence-electron chi connectivity index (χ3n) is 16.4. The summed E-state index contributed by atoms with van der Waals surface area (Å²) in [4.78, 5) is 2.76. The summed E-state index contributed by atoms with van der Waals surface area (Å²) in [6.07, 6.45) is 0. The van der Waals surface area contributed by atoms with Crippen molar-refractivity contribution in [2.24, 2.45) is 0 Å². The molecule has 0 unspecified atom stereocenters. The first kappa shape index (κ1) is 38.9. The fourth-order valence-electron chi connectivity index (χ4n) is 13.1. The van der Waals surface area contributed by atoms with Gasteiger partial charge in [0.15, 0.2) is 0 Å². The summed E-state index contributed by atoms with van der Waals surface area (Å²) in [7, 11) is 0. The Hall–Kier alpha value is -6.36. The average molecular weight is 869 g/mol. The van der Waals surface area contributed by atoms with E-state index in [0.29, 0.717) is 0 Å². The zero-order valence-electron chi connectivity index (χ0n) is 39.7. The van der Waals surface area contributed by atoms with Crippen LogP contribution in [0.3, 0.4) is 0 Å². The van der Waals surface area contributed by atoms with E-state index in [1.165, 1.54) is 137 Å². The van der Waals surface area contributed by atoms with Gasteiger partial charge >= 0.3 is 6.85 Å². The molecule has 14 rings (SSSR count). The molecule has 10 aromatic rings. The summed E-state index contributed by atoms with van der Waals surface area (Å²) in [6, 6.07) is 55.0. The molecule has 320 valence electrons. The second-order valence-corrected chi connectivity index (χ2v) is 24.0. The largest absolute Gasteiger partial charge is 0.376 e. The van der Waals surface area contributed by atoms with E-state index in [1.54, 1.807) is 0 Å². The molecule has 0 fully saturated rings. The van der Waals surface area contributed by atoms with Gasteiger partial charge in [0.2, 0.25) is 0 Å². The van der Waals surface area contributed by atoms with E-state index in [9.17, 15) is 0 Å². The number of fused-ring (bicyclic) bond motifs is 19. The third kappa shape index (κ3) is 4.73. The highest BCUT2D eigenvalue weighted by Gasteiger charge is 2.51. The highest BCUT2D eigenvalue weighted by atomic mass is 32.1. The van der Waals surface area contributed by atoms with Gasteiger partial charge in [-0.25, -0.2) is 0 Å². The molecular formula is C62H53BN2S. The van der Waals surface area contributed by atoms with Crippen LogP contribution in [0.5, 0.6) is 0 Å². The van der Waals surface area contributed by atoms with Crippen LogP contribution in [0.1, 0.15) is 103 Å². The van der Waals surface area contributed by atoms with E-state index in [-0.39, 0.29) is 28.5 Å². The van der Waals surface area contributed by atoms with Crippen LogP contribution in [-0.2, 0) is 21.7 Å². The molecule has 0 spiro atoms. The van der Waals surface area contributed by atoms with Gasteiger partial charge in [0.25, 0.3) is 0 Å². The standard InChI is InChI=1S/C62H53BN2S/c1-59(2,3)34-23-26-36(27-24-34)65-49-32-40-37-17-11-14-20-44(37)61(7,8)46(40)30-43(49)54-53-39-19-12-15-21-45(39)62(9,10)56(53)55-42-29-35(60(4,5)6)25-28-48(42)64-50-33-52-41(38-18-13-16-22-51(38)66-52)31-47(50)63(65)57(54)58(55)64/h11-33H,1-10H3. The Labute approximate surface area is 392 Å². The minimum Gasteiger partial charge on any atom is -0.376 e. The van der Waals surface area contributed by atoms with Crippen molar-refractivity contribution in [1.82, 2.24) is 4.57 Å². The molecule has 0 amide bonds. The lowest BCUT2D eigenvalue weighted by molar-refractivity contribution is 0.590. The lowest BCUT2D eigenvalue weighted by Gasteiger charge is -2.43. The topological polar surface area (TPSA) is 8.17 Å².